The Balaban J connectivity index is 1.97. The van der Waals surface area contributed by atoms with Crippen molar-refractivity contribution in [2.75, 3.05) is 32.5 Å². The Labute approximate surface area is 159 Å². The molecule has 8 heteroatoms. The van der Waals surface area contributed by atoms with Gasteiger partial charge >= 0.3 is 0 Å². The van der Waals surface area contributed by atoms with Gasteiger partial charge in [-0.05, 0) is 48.5 Å². The maximum atomic E-state index is 13.3. The molecule has 6 nitrogen and oxygen atoms in total. The van der Waals surface area contributed by atoms with Gasteiger partial charge in [0.15, 0.2) is 0 Å². The first kappa shape index (κ1) is 21.0. The number of nitrogens with one attached hydrogen (secondary N) is 1. The average Bonchev–Trinajstić information content (AvgIpc) is 2.61. The van der Waals surface area contributed by atoms with Crippen LogP contribution in [-0.4, -0.2) is 50.7 Å². The predicted octanol–water partition coefficient (Wildman–Crippen LogP) is 2.54. The first-order valence-electron chi connectivity index (χ1n) is 8.51. The highest BCUT2D eigenvalue weighted by Crippen LogP contribution is 2.16. The van der Waals surface area contributed by atoms with Crippen LogP contribution in [0.2, 0.25) is 0 Å². The number of amides is 1. The molecule has 146 valence electrons. The molecular weight excluding hydrogens is 369 g/mol. The minimum atomic E-state index is -3.50. The van der Waals surface area contributed by atoms with Crippen LogP contribution in [0.4, 0.5) is 10.1 Å². The van der Waals surface area contributed by atoms with E-state index >= 15 is 0 Å². The van der Waals surface area contributed by atoms with Gasteiger partial charge in [-0.2, -0.15) is 0 Å². The van der Waals surface area contributed by atoms with Crippen LogP contribution in [-0.2, 0) is 21.4 Å². The number of anilines is 1. The Morgan fingerprint density at radius 3 is 2.33 bits per heavy atom. The van der Waals surface area contributed by atoms with E-state index in [1.807, 2.05) is 17.9 Å². The van der Waals surface area contributed by atoms with Crippen LogP contribution in [0.1, 0.15) is 12.5 Å². The van der Waals surface area contributed by atoms with Gasteiger partial charge in [0, 0.05) is 26.3 Å². The third-order valence-electron chi connectivity index (χ3n) is 4.03. The zero-order valence-electron chi connectivity index (χ0n) is 15.6. The summed E-state index contributed by atoms with van der Waals surface area (Å²) in [6, 6.07) is 12.3. The van der Waals surface area contributed by atoms with E-state index in [0.29, 0.717) is 18.8 Å². The van der Waals surface area contributed by atoms with Crippen molar-refractivity contribution in [1.82, 2.24) is 9.21 Å². The lowest BCUT2D eigenvalue weighted by molar-refractivity contribution is -0.117. The lowest BCUT2D eigenvalue weighted by atomic mass is 10.2. The monoisotopic (exact) mass is 393 g/mol. The van der Waals surface area contributed by atoms with Crippen LogP contribution >= 0.6 is 0 Å². The Kier molecular flexibility index (Phi) is 7.06. The van der Waals surface area contributed by atoms with E-state index in [-0.39, 0.29) is 23.2 Å². The largest absolute Gasteiger partial charge is 0.325 e. The molecule has 0 atom stereocenters. The standard InChI is InChI=1S/C19H24FN3O3S/c1-4-23(13-15-6-5-7-16(20)12-15)14-19(24)21-17-8-10-18(11-9-17)27(25,26)22(2)3/h5-12H,4,13-14H2,1-3H3,(H,21,24). The highest BCUT2D eigenvalue weighted by molar-refractivity contribution is 7.89. The minimum absolute atomic E-state index is 0.144. The van der Waals surface area contributed by atoms with Gasteiger partial charge in [-0.3, -0.25) is 9.69 Å². The highest BCUT2D eigenvalue weighted by atomic mass is 32.2. The van der Waals surface area contributed by atoms with Crippen LogP contribution in [0, 0.1) is 5.82 Å². The molecule has 0 radical (unpaired) electrons. The van der Waals surface area contributed by atoms with Crippen LogP contribution in [0.5, 0.6) is 0 Å². The van der Waals surface area contributed by atoms with E-state index < -0.39 is 10.0 Å². The molecule has 1 amide bonds. The lowest BCUT2D eigenvalue weighted by Crippen LogP contribution is -2.32. The second-order valence-corrected chi connectivity index (χ2v) is 8.45. The van der Waals surface area contributed by atoms with Gasteiger partial charge in [0.2, 0.25) is 15.9 Å². The zero-order chi connectivity index (χ0) is 20.0. The summed E-state index contributed by atoms with van der Waals surface area (Å²) in [6.07, 6.45) is 0. The SMILES string of the molecule is CCN(CC(=O)Nc1ccc(S(=O)(=O)N(C)C)cc1)Cc1cccc(F)c1. The molecule has 0 spiro atoms. The molecule has 0 aliphatic carbocycles. The Morgan fingerprint density at radius 2 is 1.78 bits per heavy atom. The number of hydrogen-bond donors (Lipinski definition) is 1. The van der Waals surface area contributed by atoms with Gasteiger partial charge in [-0.15, -0.1) is 0 Å². The van der Waals surface area contributed by atoms with Crippen molar-refractivity contribution in [3.8, 4) is 0 Å². The minimum Gasteiger partial charge on any atom is -0.325 e. The number of benzene rings is 2. The number of nitrogens with zero attached hydrogens (tertiary/aromatic N) is 2. The quantitative estimate of drug-likeness (QED) is 0.748. The van der Waals surface area contributed by atoms with Crippen molar-refractivity contribution in [1.29, 1.82) is 0 Å². The Morgan fingerprint density at radius 1 is 1.11 bits per heavy atom. The van der Waals surface area contributed by atoms with Crippen molar-refractivity contribution in [2.45, 2.75) is 18.4 Å². The lowest BCUT2D eigenvalue weighted by Gasteiger charge is -2.20. The van der Waals surface area contributed by atoms with Gasteiger partial charge in [0.05, 0.1) is 11.4 Å². The Bertz CT molecular complexity index is 883. The number of halogens is 1. The van der Waals surface area contributed by atoms with Crippen LogP contribution in [0.3, 0.4) is 0 Å². The number of rotatable bonds is 8. The molecule has 2 rings (SSSR count). The van der Waals surface area contributed by atoms with E-state index in [9.17, 15) is 17.6 Å². The fourth-order valence-electron chi connectivity index (χ4n) is 2.50. The number of carbonyl (C=O) groups excluding carboxylic acids is 1. The van der Waals surface area contributed by atoms with Crippen LogP contribution < -0.4 is 5.32 Å². The smallest absolute Gasteiger partial charge is 0.242 e. The molecule has 0 aliphatic rings. The molecule has 0 saturated carbocycles. The second kappa shape index (κ2) is 9.07. The molecule has 27 heavy (non-hydrogen) atoms. The molecule has 0 heterocycles. The summed E-state index contributed by atoms with van der Waals surface area (Å²) in [4.78, 5) is 14.3. The van der Waals surface area contributed by atoms with Crippen molar-refractivity contribution >= 4 is 21.6 Å². The second-order valence-electron chi connectivity index (χ2n) is 6.29. The van der Waals surface area contributed by atoms with Gasteiger partial charge in [-0.1, -0.05) is 19.1 Å². The normalized spacial score (nSPS) is 11.8. The number of likely N-dealkylation sites (N-methyl/N-ethyl adjacent to an activating group) is 1. The van der Waals surface area contributed by atoms with Crippen molar-refractivity contribution in [3.05, 3.63) is 59.9 Å². The van der Waals surface area contributed by atoms with E-state index in [2.05, 4.69) is 5.32 Å². The van der Waals surface area contributed by atoms with Gasteiger partial charge in [0.25, 0.3) is 0 Å². The van der Waals surface area contributed by atoms with E-state index in [4.69, 9.17) is 0 Å². The van der Waals surface area contributed by atoms with Crippen LogP contribution in [0.25, 0.3) is 0 Å². The summed E-state index contributed by atoms with van der Waals surface area (Å²) < 4.78 is 38.5. The molecule has 2 aromatic carbocycles. The molecule has 0 unspecified atom stereocenters. The van der Waals surface area contributed by atoms with E-state index in [1.54, 1.807) is 18.2 Å². The summed E-state index contributed by atoms with van der Waals surface area (Å²) in [5, 5.41) is 2.75. The maximum Gasteiger partial charge on any atom is 0.242 e. The average molecular weight is 393 g/mol. The van der Waals surface area contributed by atoms with Crippen molar-refractivity contribution in [3.63, 3.8) is 0 Å². The summed E-state index contributed by atoms with van der Waals surface area (Å²) in [6.45, 7) is 3.16. The third-order valence-corrected chi connectivity index (χ3v) is 5.86. The zero-order valence-corrected chi connectivity index (χ0v) is 16.5. The number of sulfonamides is 1. The van der Waals surface area contributed by atoms with Gasteiger partial charge in [0.1, 0.15) is 5.82 Å². The van der Waals surface area contributed by atoms with Crippen LogP contribution in [0.15, 0.2) is 53.4 Å². The first-order valence-corrected chi connectivity index (χ1v) is 9.95. The van der Waals surface area contributed by atoms with Gasteiger partial charge < -0.3 is 5.32 Å². The molecule has 0 aliphatic heterocycles. The maximum absolute atomic E-state index is 13.3. The summed E-state index contributed by atoms with van der Waals surface area (Å²) in [5.74, 6) is -0.530. The third kappa shape index (κ3) is 5.85. The number of hydrogen-bond acceptors (Lipinski definition) is 4. The first-order chi connectivity index (χ1) is 12.7. The molecule has 0 aromatic heterocycles. The predicted molar refractivity (Wildman–Crippen MR) is 103 cm³/mol. The van der Waals surface area contributed by atoms with E-state index in [1.165, 1.54) is 38.4 Å². The van der Waals surface area contributed by atoms with Crippen molar-refractivity contribution in [2.24, 2.45) is 0 Å². The molecular formula is C19H24FN3O3S. The summed E-state index contributed by atoms with van der Waals surface area (Å²) in [7, 11) is -0.579. The Hall–Kier alpha value is -2.29. The molecule has 2 aromatic rings. The van der Waals surface area contributed by atoms with Crippen molar-refractivity contribution < 1.29 is 17.6 Å². The molecule has 0 fully saturated rings. The van der Waals surface area contributed by atoms with E-state index in [0.717, 1.165) is 9.87 Å². The molecule has 0 saturated heterocycles. The topological polar surface area (TPSA) is 69.7 Å². The molecule has 0 bridgehead atoms. The fourth-order valence-corrected chi connectivity index (χ4v) is 3.40. The summed E-state index contributed by atoms with van der Waals surface area (Å²) >= 11 is 0. The number of carbonyl (C=O) groups is 1. The highest BCUT2D eigenvalue weighted by Gasteiger charge is 2.17. The van der Waals surface area contributed by atoms with Gasteiger partial charge in [-0.25, -0.2) is 17.1 Å². The molecule has 1 N–H and O–H groups in total. The summed E-state index contributed by atoms with van der Waals surface area (Å²) in [5.41, 5.74) is 1.31. The fraction of sp³-hybridized carbons (Fsp3) is 0.316.